The van der Waals surface area contributed by atoms with E-state index in [2.05, 4.69) is 42.5 Å². The van der Waals surface area contributed by atoms with Crippen molar-refractivity contribution in [2.45, 2.75) is 64.2 Å². The molecule has 0 fully saturated rings. The minimum absolute atomic E-state index is 0.238. The minimum Gasteiger partial charge on any atom is -0.481 e. The van der Waals surface area contributed by atoms with Crippen molar-refractivity contribution in [2.75, 3.05) is 0 Å². The standard InChI is InChI=1S/C20H30O4/c21-19(22)17-15-13-11-9-7-5-3-1-2-4-6-8-10-12-14-16-18-20(23)24/h1,3-4,6-7,9-10,12H,2,5,8,11,13-18H2,(H,21,22)(H,23,24)/b3-1-,6-4-,9-7-,12-10-. The van der Waals surface area contributed by atoms with Crippen LogP contribution in [0.5, 0.6) is 0 Å². The third kappa shape index (κ3) is 19.9. The molecule has 2 N–H and O–H groups in total. The van der Waals surface area contributed by atoms with Crippen LogP contribution in [0.1, 0.15) is 64.2 Å². The van der Waals surface area contributed by atoms with Crippen molar-refractivity contribution in [3.8, 4) is 0 Å². The Labute approximate surface area is 145 Å². The maximum absolute atomic E-state index is 10.3. The first-order valence-corrected chi connectivity index (χ1v) is 8.66. The second-order valence-electron chi connectivity index (χ2n) is 5.52. The third-order valence-corrected chi connectivity index (χ3v) is 3.26. The molecular weight excluding hydrogens is 304 g/mol. The summed E-state index contributed by atoms with van der Waals surface area (Å²) in [5, 5.41) is 17.0. The highest BCUT2D eigenvalue weighted by atomic mass is 16.4. The highest BCUT2D eigenvalue weighted by molar-refractivity contribution is 5.66. The predicted octanol–water partition coefficient (Wildman–Crippen LogP) is 5.28. The molecule has 134 valence electrons. The molecule has 0 unspecified atom stereocenters. The molecule has 4 nitrogen and oxygen atoms in total. The minimum atomic E-state index is -0.733. The average molecular weight is 334 g/mol. The van der Waals surface area contributed by atoms with Crippen LogP contribution in [0.25, 0.3) is 0 Å². The van der Waals surface area contributed by atoms with Crippen LogP contribution in [-0.4, -0.2) is 22.2 Å². The molecule has 0 saturated heterocycles. The quantitative estimate of drug-likeness (QED) is 0.315. The van der Waals surface area contributed by atoms with Crippen LogP contribution in [0.3, 0.4) is 0 Å². The van der Waals surface area contributed by atoms with Crippen molar-refractivity contribution in [1.82, 2.24) is 0 Å². The van der Waals surface area contributed by atoms with Crippen molar-refractivity contribution in [1.29, 1.82) is 0 Å². The second kappa shape index (κ2) is 17.3. The van der Waals surface area contributed by atoms with Crippen LogP contribution in [0, 0.1) is 0 Å². The van der Waals surface area contributed by atoms with Gasteiger partial charge in [0.05, 0.1) is 0 Å². The Balaban J connectivity index is 3.43. The molecule has 0 bridgehead atoms. The number of carboxylic acid groups (broad SMARTS) is 2. The van der Waals surface area contributed by atoms with Gasteiger partial charge in [-0.25, -0.2) is 0 Å². The molecule has 0 aromatic heterocycles. The van der Waals surface area contributed by atoms with Crippen LogP contribution >= 0.6 is 0 Å². The lowest BCUT2D eigenvalue weighted by Gasteiger charge is -1.92. The van der Waals surface area contributed by atoms with E-state index in [0.717, 1.165) is 44.9 Å². The van der Waals surface area contributed by atoms with Crippen LogP contribution in [0.4, 0.5) is 0 Å². The number of hydrogen-bond donors (Lipinski definition) is 2. The average Bonchev–Trinajstić information content (AvgIpc) is 2.53. The van der Waals surface area contributed by atoms with E-state index in [-0.39, 0.29) is 12.8 Å². The molecule has 0 aromatic carbocycles. The molecule has 0 aliphatic rings. The van der Waals surface area contributed by atoms with Gasteiger partial charge >= 0.3 is 11.9 Å². The van der Waals surface area contributed by atoms with E-state index in [9.17, 15) is 9.59 Å². The van der Waals surface area contributed by atoms with Crippen LogP contribution in [0.15, 0.2) is 48.6 Å². The van der Waals surface area contributed by atoms with E-state index >= 15 is 0 Å². The van der Waals surface area contributed by atoms with Gasteiger partial charge in [-0.05, 0) is 51.4 Å². The lowest BCUT2D eigenvalue weighted by molar-refractivity contribution is -0.138. The van der Waals surface area contributed by atoms with Gasteiger partial charge in [0.2, 0.25) is 0 Å². The van der Waals surface area contributed by atoms with Crippen LogP contribution in [-0.2, 0) is 9.59 Å². The summed E-state index contributed by atoms with van der Waals surface area (Å²) >= 11 is 0. The highest BCUT2D eigenvalue weighted by Gasteiger charge is 1.94. The smallest absolute Gasteiger partial charge is 0.303 e. The molecule has 0 amide bonds. The Morgan fingerprint density at radius 3 is 1.38 bits per heavy atom. The number of carboxylic acids is 2. The summed E-state index contributed by atoms with van der Waals surface area (Å²) in [6, 6.07) is 0. The molecule has 0 aliphatic heterocycles. The zero-order valence-electron chi connectivity index (χ0n) is 14.4. The lowest BCUT2D eigenvalue weighted by atomic mass is 10.2. The zero-order valence-corrected chi connectivity index (χ0v) is 14.4. The van der Waals surface area contributed by atoms with E-state index in [1.807, 2.05) is 6.08 Å². The summed E-state index contributed by atoms with van der Waals surface area (Å²) in [5.74, 6) is -1.45. The van der Waals surface area contributed by atoms with Gasteiger partial charge in [-0.3, -0.25) is 9.59 Å². The van der Waals surface area contributed by atoms with Gasteiger partial charge in [-0.15, -0.1) is 0 Å². The fourth-order valence-electron chi connectivity index (χ4n) is 1.96. The summed E-state index contributed by atoms with van der Waals surface area (Å²) in [6.07, 6.45) is 24.1. The van der Waals surface area contributed by atoms with E-state index in [4.69, 9.17) is 10.2 Å². The summed E-state index contributed by atoms with van der Waals surface area (Å²) in [7, 11) is 0. The Morgan fingerprint density at radius 1 is 0.542 bits per heavy atom. The number of allylic oxidation sites excluding steroid dienone is 8. The van der Waals surface area contributed by atoms with Gasteiger partial charge in [0.1, 0.15) is 0 Å². The largest absolute Gasteiger partial charge is 0.481 e. The molecule has 0 aromatic rings. The molecule has 0 heterocycles. The second-order valence-corrected chi connectivity index (χ2v) is 5.52. The first kappa shape index (κ1) is 21.9. The molecular formula is C20H30O4. The fraction of sp³-hybridized carbons (Fsp3) is 0.500. The maximum atomic E-state index is 10.3. The van der Waals surface area contributed by atoms with Gasteiger partial charge in [-0.1, -0.05) is 48.6 Å². The number of carbonyl (C=O) groups is 2. The predicted molar refractivity (Wildman–Crippen MR) is 98.0 cm³/mol. The van der Waals surface area contributed by atoms with Gasteiger partial charge in [0, 0.05) is 12.8 Å². The Bertz CT molecular complexity index is 445. The molecule has 0 spiro atoms. The van der Waals surface area contributed by atoms with Crippen molar-refractivity contribution >= 4 is 11.9 Å². The SMILES string of the molecule is O=C(O)CCC/C=C\C/C=C\C/C=C\C/C=C\CCCCC(=O)O. The van der Waals surface area contributed by atoms with Crippen molar-refractivity contribution in [3.05, 3.63) is 48.6 Å². The highest BCUT2D eigenvalue weighted by Crippen LogP contribution is 2.02. The number of rotatable bonds is 15. The van der Waals surface area contributed by atoms with Gasteiger partial charge < -0.3 is 10.2 Å². The lowest BCUT2D eigenvalue weighted by Crippen LogP contribution is -1.92. The zero-order chi connectivity index (χ0) is 17.9. The van der Waals surface area contributed by atoms with Gasteiger partial charge in [0.25, 0.3) is 0 Å². The number of aliphatic carboxylic acids is 2. The first-order valence-electron chi connectivity index (χ1n) is 8.66. The summed E-state index contributed by atoms with van der Waals surface area (Å²) in [6.45, 7) is 0. The monoisotopic (exact) mass is 334 g/mol. The molecule has 0 aliphatic carbocycles. The molecule has 0 rings (SSSR count). The molecule has 0 radical (unpaired) electrons. The summed E-state index contributed by atoms with van der Waals surface area (Å²) in [4.78, 5) is 20.6. The van der Waals surface area contributed by atoms with E-state index < -0.39 is 11.9 Å². The number of hydrogen-bond acceptors (Lipinski definition) is 2. The van der Waals surface area contributed by atoms with Crippen molar-refractivity contribution in [3.63, 3.8) is 0 Å². The van der Waals surface area contributed by atoms with Gasteiger partial charge in [-0.2, -0.15) is 0 Å². The Hall–Kier alpha value is -2.10. The third-order valence-electron chi connectivity index (χ3n) is 3.26. The Kier molecular flexibility index (Phi) is 15.7. The van der Waals surface area contributed by atoms with E-state index in [1.165, 1.54) is 0 Å². The van der Waals surface area contributed by atoms with Crippen LogP contribution < -0.4 is 0 Å². The normalized spacial score (nSPS) is 12.2. The number of unbranched alkanes of at least 4 members (excludes halogenated alkanes) is 3. The van der Waals surface area contributed by atoms with Gasteiger partial charge in [0.15, 0.2) is 0 Å². The summed E-state index contributed by atoms with van der Waals surface area (Å²) in [5.41, 5.74) is 0. The topological polar surface area (TPSA) is 74.6 Å². The Morgan fingerprint density at radius 2 is 0.917 bits per heavy atom. The molecule has 0 saturated carbocycles. The molecule has 4 heteroatoms. The van der Waals surface area contributed by atoms with Crippen molar-refractivity contribution in [2.24, 2.45) is 0 Å². The first-order chi connectivity index (χ1) is 11.6. The molecule has 0 atom stereocenters. The summed E-state index contributed by atoms with van der Waals surface area (Å²) < 4.78 is 0. The fourth-order valence-corrected chi connectivity index (χ4v) is 1.96. The van der Waals surface area contributed by atoms with Crippen LogP contribution in [0.2, 0.25) is 0 Å². The van der Waals surface area contributed by atoms with E-state index in [1.54, 1.807) is 0 Å². The van der Waals surface area contributed by atoms with Crippen molar-refractivity contribution < 1.29 is 19.8 Å². The maximum Gasteiger partial charge on any atom is 0.303 e. The molecule has 24 heavy (non-hydrogen) atoms. The van der Waals surface area contributed by atoms with E-state index in [0.29, 0.717) is 6.42 Å².